The average molecular weight is 269 g/mol. The molecule has 3 nitrogen and oxygen atoms in total. The number of aliphatic carboxylic acids is 1. The number of hydrogen-bond donors (Lipinski definition) is 1. The highest BCUT2D eigenvalue weighted by molar-refractivity contribution is 5.73. The van der Waals surface area contributed by atoms with Crippen LogP contribution in [0, 0.1) is 11.6 Å². The second kappa shape index (κ2) is 6.10. The first-order chi connectivity index (χ1) is 9.06. The number of carboxylic acids is 1. The summed E-state index contributed by atoms with van der Waals surface area (Å²) in [7, 11) is 0. The smallest absolute Gasteiger partial charge is 0.320 e. The summed E-state index contributed by atoms with van der Waals surface area (Å²) in [5.74, 6) is -2.12. The zero-order valence-corrected chi connectivity index (χ0v) is 10.6. The summed E-state index contributed by atoms with van der Waals surface area (Å²) in [5, 5.41) is 9.23. The van der Waals surface area contributed by atoms with E-state index in [4.69, 9.17) is 0 Å². The maximum Gasteiger partial charge on any atom is 0.320 e. The van der Waals surface area contributed by atoms with Crippen LogP contribution in [0.2, 0.25) is 0 Å². The van der Waals surface area contributed by atoms with Gasteiger partial charge in [0.2, 0.25) is 0 Å². The Labute approximate surface area is 110 Å². The largest absolute Gasteiger partial charge is 0.480 e. The number of nitrogens with zero attached hydrogens (tertiary/aromatic N) is 1. The molecule has 1 atom stereocenters. The lowest BCUT2D eigenvalue weighted by Crippen LogP contribution is -2.40. The Morgan fingerprint density at radius 3 is 2.53 bits per heavy atom. The van der Waals surface area contributed by atoms with Gasteiger partial charge in [-0.05, 0) is 37.1 Å². The third-order valence-electron chi connectivity index (χ3n) is 3.46. The number of benzene rings is 1. The maximum atomic E-state index is 13.1. The highest BCUT2D eigenvalue weighted by Crippen LogP contribution is 2.20. The van der Waals surface area contributed by atoms with Crippen LogP contribution in [0.1, 0.15) is 31.2 Å². The van der Waals surface area contributed by atoms with Gasteiger partial charge in [-0.25, -0.2) is 8.78 Å². The van der Waals surface area contributed by atoms with Crippen LogP contribution in [0.5, 0.6) is 0 Å². The molecule has 0 spiro atoms. The number of halogens is 2. The van der Waals surface area contributed by atoms with Gasteiger partial charge in [0, 0.05) is 12.6 Å². The Morgan fingerprint density at radius 1 is 1.21 bits per heavy atom. The first-order valence-corrected chi connectivity index (χ1v) is 6.48. The minimum Gasteiger partial charge on any atom is -0.480 e. The molecule has 1 fully saturated rings. The molecule has 0 radical (unpaired) electrons. The van der Waals surface area contributed by atoms with E-state index in [2.05, 4.69) is 0 Å². The molecule has 1 heterocycles. The molecule has 104 valence electrons. The van der Waals surface area contributed by atoms with E-state index in [9.17, 15) is 18.7 Å². The third-order valence-corrected chi connectivity index (χ3v) is 3.46. The van der Waals surface area contributed by atoms with Crippen molar-refractivity contribution in [2.75, 3.05) is 6.54 Å². The highest BCUT2D eigenvalue weighted by atomic mass is 19.1. The van der Waals surface area contributed by atoms with Crippen LogP contribution < -0.4 is 0 Å². The van der Waals surface area contributed by atoms with Crippen molar-refractivity contribution in [1.82, 2.24) is 4.90 Å². The molecule has 1 N–H and O–H groups in total. The zero-order chi connectivity index (χ0) is 13.8. The van der Waals surface area contributed by atoms with Gasteiger partial charge in [-0.2, -0.15) is 0 Å². The summed E-state index contributed by atoms with van der Waals surface area (Å²) in [6.45, 7) is 0.917. The molecule has 19 heavy (non-hydrogen) atoms. The van der Waals surface area contributed by atoms with E-state index in [1.54, 1.807) is 4.90 Å². The summed E-state index contributed by atoms with van der Waals surface area (Å²) in [6.07, 6.45) is 3.39. The summed E-state index contributed by atoms with van der Waals surface area (Å²) in [6, 6.07) is 2.77. The minimum atomic E-state index is -0.862. The van der Waals surface area contributed by atoms with Gasteiger partial charge < -0.3 is 5.11 Å². The van der Waals surface area contributed by atoms with E-state index in [1.807, 2.05) is 0 Å². The fraction of sp³-hybridized carbons (Fsp3) is 0.500. The van der Waals surface area contributed by atoms with Gasteiger partial charge in [0.25, 0.3) is 0 Å². The highest BCUT2D eigenvalue weighted by Gasteiger charge is 2.27. The van der Waals surface area contributed by atoms with Crippen LogP contribution in [0.4, 0.5) is 8.78 Å². The van der Waals surface area contributed by atoms with Gasteiger partial charge in [0.1, 0.15) is 17.7 Å². The van der Waals surface area contributed by atoms with Gasteiger partial charge in [0.05, 0.1) is 0 Å². The van der Waals surface area contributed by atoms with Crippen molar-refractivity contribution >= 4 is 5.97 Å². The molecule has 0 bridgehead atoms. The summed E-state index contributed by atoms with van der Waals surface area (Å²) < 4.78 is 26.3. The normalized spacial score (nSPS) is 21.1. The van der Waals surface area contributed by atoms with Crippen LogP contribution in [0.15, 0.2) is 18.2 Å². The molecule has 1 aromatic carbocycles. The fourth-order valence-corrected chi connectivity index (χ4v) is 2.57. The third kappa shape index (κ3) is 3.73. The van der Waals surface area contributed by atoms with E-state index in [-0.39, 0.29) is 6.54 Å². The van der Waals surface area contributed by atoms with Gasteiger partial charge in [-0.3, -0.25) is 9.69 Å². The van der Waals surface area contributed by atoms with Gasteiger partial charge >= 0.3 is 5.97 Å². The van der Waals surface area contributed by atoms with Gasteiger partial charge in [0.15, 0.2) is 0 Å². The van der Waals surface area contributed by atoms with Crippen LogP contribution in [-0.2, 0) is 11.3 Å². The lowest BCUT2D eigenvalue weighted by Gasteiger charge is -2.26. The quantitative estimate of drug-likeness (QED) is 0.917. The number of hydrogen-bond acceptors (Lipinski definition) is 2. The second-order valence-electron chi connectivity index (χ2n) is 4.95. The average Bonchev–Trinajstić information content (AvgIpc) is 2.53. The molecular formula is C14H17F2NO2. The Morgan fingerprint density at radius 2 is 1.89 bits per heavy atom. The molecule has 1 aromatic rings. The van der Waals surface area contributed by atoms with E-state index < -0.39 is 23.6 Å². The lowest BCUT2D eigenvalue weighted by molar-refractivity contribution is -0.143. The molecule has 0 aliphatic carbocycles. The van der Waals surface area contributed by atoms with Crippen LogP contribution >= 0.6 is 0 Å². The van der Waals surface area contributed by atoms with Gasteiger partial charge in [-0.1, -0.05) is 12.8 Å². The molecule has 2 rings (SSSR count). The first-order valence-electron chi connectivity index (χ1n) is 6.48. The van der Waals surface area contributed by atoms with Crippen molar-refractivity contribution in [3.05, 3.63) is 35.4 Å². The van der Waals surface area contributed by atoms with Crippen molar-refractivity contribution in [3.63, 3.8) is 0 Å². The topological polar surface area (TPSA) is 40.5 Å². The summed E-state index contributed by atoms with van der Waals surface area (Å²) in [5.41, 5.74) is 0.477. The van der Waals surface area contributed by atoms with Crippen LogP contribution in [-0.4, -0.2) is 28.6 Å². The van der Waals surface area contributed by atoms with Crippen molar-refractivity contribution < 1.29 is 18.7 Å². The van der Waals surface area contributed by atoms with Crippen molar-refractivity contribution in [2.24, 2.45) is 0 Å². The fourth-order valence-electron chi connectivity index (χ4n) is 2.57. The van der Waals surface area contributed by atoms with Crippen molar-refractivity contribution in [1.29, 1.82) is 0 Å². The van der Waals surface area contributed by atoms with Gasteiger partial charge in [-0.15, -0.1) is 0 Å². The number of carbonyl (C=O) groups is 1. The molecule has 0 aromatic heterocycles. The first kappa shape index (κ1) is 13.9. The Balaban J connectivity index is 2.15. The Kier molecular flexibility index (Phi) is 4.47. The van der Waals surface area contributed by atoms with Crippen LogP contribution in [0.25, 0.3) is 0 Å². The summed E-state index contributed by atoms with van der Waals surface area (Å²) in [4.78, 5) is 13.0. The van der Waals surface area contributed by atoms with E-state index in [1.165, 1.54) is 12.1 Å². The molecule has 1 unspecified atom stereocenters. The molecule has 1 aliphatic rings. The lowest BCUT2D eigenvalue weighted by atomic mass is 10.1. The van der Waals surface area contributed by atoms with E-state index in [0.717, 1.165) is 25.3 Å². The van der Waals surface area contributed by atoms with E-state index >= 15 is 0 Å². The second-order valence-corrected chi connectivity index (χ2v) is 4.95. The molecule has 1 aliphatic heterocycles. The molecule has 0 saturated carbocycles. The zero-order valence-electron chi connectivity index (χ0n) is 10.6. The predicted octanol–water partition coefficient (Wildman–Crippen LogP) is 2.79. The number of likely N-dealkylation sites (tertiary alicyclic amines) is 1. The summed E-state index contributed by atoms with van der Waals surface area (Å²) >= 11 is 0. The van der Waals surface area contributed by atoms with Crippen molar-refractivity contribution in [2.45, 2.75) is 38.3 Å². The molecule has 1 saturated heterocycles. The van der Waals surface area contributed by atoms with E-state index in [0.29, 0.717) is 18.5 Å². The standard InChI is InChI=1S/C14H17F2NO2/c15-11-6-10(7-12(16)8-11)9-17-5-3-1-2-4-13(17)14(18)19/h6-8,13H,1-5,9H2,(H,18,19). The Bertz CT molecular complexity index is 445. The molecular weight excluding hydrogens is 252 g/mol. The Hall–Kier alpha value is -1.49. The van der Waals surface area contributed by atoms with Crippen LogP contribution in [0.3, 0.4) is 0 Å². The van der Waals surface area contributed by atoms with Crippen molar-refractivity contribution in [3.8, 4) is 0 Å². The maximum absolute atomic E-state index is 13.1. The number of carboxylic acid groups (broad SMARTS) is 1. The molecule has 0 amide bonds. The molecule has 5 heteroatoms. The minimum absolute atomic E-state index is 0.269. The monoisotopic (exact) mass is 269 g/mol. The number of rotatable bonds is 3. The predicted molar refractivity (Wildman–Crippen MR) is 66.7 cm³/mol. The SMILES string of the molecule is O=C(O)C1CCCCCN1Cc1cc(F)cc(F)c1.